The third-order valence-electron chi connectivity index (χ3n) is 2.01. The molecule has 4 nitrogen and oxygen atoms in total. The van der Waals surface area contributed by atoms with E-state index in [2.05, 4.69) is 20.9 Å². The number of nitrogen functional groups attached to an aromatic ring is 1. The maximum atomic E-state index is 11.7. The van der Waals surface area contributed by atoms with E-state index < -0.39 is 0 Å². The van der Waals surface area contributed by atoms with Gasteiger partial charge in [0.25, 0.3) is 5.56 Å². The van der Waals surface area contributed by atoms with Crippen LogP contribution in [0.25, 0.3) is 10.9 Å². The van der Waals surface area contributed by atoms with E-state index in [9.17, 15) is 4.79 Å². The highest BCUT2D eigenvalue weighted by atomic mass is 79.9. The van der Waals surface area contributed by atoms with E-state index >= 15 is 0 Å². The Kier molecular flexibility index (Phi) is 2.03. The molecule has 5 heteroatoms. The largest absolute Gasteiger partial charge is 0.397 e. The van der Waals surface area contributed by atoms with Crippen molar-refractivity contribution in [2.45, 2.75) is 0 Å². The highest BCUT2D eigenvalue weighted by Crippen LogP contribution is 2.21. The van der Waals surface area contributed by atoms with Gasteiger partial charge in [0.15, 0.2) is 0 Å². The number of hydrogen-bond acceptors (Lipinski definition) is 3. The van der Waals surface area contributed by atoms with Crippen LogP contribution in [0.4, 0.5) is 5.69 Å². The number of nitrogens with zero attached hydrogens (tertiary/aromatic N) is 2. The lowest BCUT2D eigenvalue weighted by molar-refractivity contribution is 0.843. The second-order valence-corrected chi connectivity index (χ2v) is 3.97. The molecular weight excluding hydrogens is 246 g/mol. The monoisotopic (exact) mass is 253 g/mol. The third kappa shape index (κ3) is 1.29. The Balaban J connectivity index is 3.03. The molecule has 1 aromatic carbocycles. The van der Waals surface area contributed by atoms with E-state index in [1.165, 1.54) is 10.9 Å². The van der Waals surface area contributed by atoms with Gasteiger partial charge in [-0.15, -0.1) is 0 Å². The highest BCUT2D eigenvalue weighted by molar-refractivity contribution is 9.10. The summed E-state index contributed by atoms with van der Waals surface area (Å²) < 4.78 is 2.21. The Morgan fingerprint density at radius 2 is 2.21 bits per heavy atom. The minimum atomic E-state index is -0.0944. The molecule has 2 aromatic rings. The van der Waals surface area contributed by atoms with Crippen LogP contribution in [0.2, 0.25) is 0 Å². The number of anilines is 1. The van der Waals surface area contributed by atoms with E-state index in [-0.39, 0.29) is 5.56 Å². The van der Waals surface area contributed by atoms with Crippen molar-refractivity contribution in [3.05, 3.63) is 33.3 Å². The van der Waals surface area contributed by atoms with Crippen molar-refractivity contribution in [3.8, 4) is 0 Å². The van der Waals surface area contributed by atoms with Crippen molar-refractivity contribution in [2.24, 2.45) is 7.05 Å². The van der Waals surface area contributed by atoms with E-state index in [0.29, 0.717) is 16.6 Å². The van der Waals surface area contributed by atoms with E-state index in [0.717, 1.165) is 4.47 Å². The van der Waals surface area contributed by atoms with Gasteiger partial charge in [-0.1, -0.05) is 15.9 Å². The van der Waals surface area contributed by atoms with Crippen LogP contribution in [0.3, 0.4) is 0 Å². The van der Waals surface area contributed by atoms with Crippen LogP contribution >= 0.6 is 15.9 Å². The standard InChI is InChI=1S/C9H8BrN3O/c1-13-4-12-8-6(9(13)14)2-5(10)3-7(8)11/h2-4H,11H2,1H3. The molecule has 0 aliphatic carbocycles. The van der Waals surface area contributed by atoms with Gasteiger partial charge in [0.1, 0.15) is 5.52 Å². The van der Waals surface area contributed by atoms with E-state index in [1.54, 1.807) is 19.2 Å². The molecule has 0 atom stereocenters. The SMILES string of the molecule is Cn1cnc2c(N)cc(Br)cc2c1=O. The lowest BCUT2D eigenvalue weighted by atomic mass is 10.2. The van der Waals surface area contributed by atoms with Gasteiger partial charge in [-0.3, -0.25) is 4.79 Å². The molecule has 0 bridgehead atoms. The molecule has 14 heavy (non-hydrogen) atoms. The molecule has 0 spiro atoms. The summed E-state index contributed by atoms with van der Waals surface area (Å²) in [5, 5.41) is 0.530. The quantitative estimate of drug-likeness (QED) is 0.720. The maximum absolute atomic E-state index is 11.7. The highest BCUT2D eigenvalue weighted by Gasteiger charge is 2.05. The van der Waals surface area contributed by atoms with Crippen molar-refractivity contribution in [3.63, 3.8) is 0 Å². The van der Waals surface area contributed by atoms with Crippen LogP contribution in [0.15, 0.2) is 27.7 Å². The molecule has 0 amide bonds. The first-order valence-electron chi connectivity index (χ1n) is 4.00. The Hall–Kier alpha value is -1.36. The number of benzene rings is 1. The van der Waals surface area contributed by atoms with Gasteiger partial charge in [0.05, 0.1) is 17.4 Å². The number of halogens is 1. The zero-order valence-corrected chi connectivity index (χ0v) is 9.08. The fourth-order valence-electron chi connectivity index (χ4n) is 1.31. The van der Waals surface area contributed by atoms with Gasteiger partial charge in [0.2, 0.25) is 0 Å². The van der Waals surface area contributed by atoms with Gasteiger partial charge in [-0.2, -0.15) is 0 Å². The minimum Gasteiger partial charge on any atom is -0.397 e. The summed E-state index contributed by atoms with van der Waals surface area (Å²) in [7, 11) is 1.66. The molecule has 0 aliphatic rings. The molecule has 0 saturated heterocycles. The lowest BCUT2D eigenvalue weighted by Crippen LogP contribution is -2.17. The Morgan fingerprint density at radius 3 is 2.93 bits per heavy atom. The second-order valence-electron chi connectivity index (χ2n) is 3.05. The van der Waals surface area contributed by atoms with Crippen LogP contribution in [0.1, 0.15) is 0 Å². The third-order valence-corrected chi connectivity index (χ3v) is 2.47. The number of nitrogens with two attached hydrogens (primary N) is 1. The zero-order valence-electron chi connectivity index (χ0n) is 7.49. The summed E-state index contributed by atoms with van der Waals surface area (Å²) in [6.45, 7) is 0. The molecule has 72 valence electrons. The molecule has 0 saturated carbocycles. The first-order valence-corrected chi connectivity index (χ1v) is 4.79. The second kappa shape index (κ2) is 3.09. The van der Waals surface area contributed by atoms with Crippen LogP contribution in [-0.4, -0.2) is 9.55 Å². The number of rotatable bonds is 0. The smallest absolute Gasteiger partial charge is 0.261 e. The van der Waals surface area contributed by atoms with E-state index in [4.69, 9.17) is 5.73 Å². The summed E-state index contributed by atoms with van der Waals surface area (Å²) >= 11 is 3.29. The fourth-order valence-corrected chi connectivity index (χ4v) is 1.79. The number of aromatic nitrogens is 2. The maximum Gasteiger partial charge on any atom is 0.261 e. The van der Waals surface area contributed by atoms with Crippen LogP contribution in [-0.2, 0) is 7.05 Å². The van der Waals surface area contributed by atoms with Gasteiger partial charge in [-0.05, 0) is 12.1 Å². The molecule has 1 aromatic heterocycles. The Bertz CT molecular complexity index is 562. The molecule has 2 N–H and O–H groups in total. The van der Waals surface area contributed by atoms with Gasteiger partial charge < -0.3 is 10.3 Å². The first kappa shape index (κ1) is 9.21. The van der Waals surface area contributed by atoms with Gasteiger partial charge in [-0.25, -0.2) is 4.98 Å². The molecule has 0 aliphatic heterocycles. The normalized spacial score (nSPS) is 10.7. The minimum absolute atomic E-state index is 0.0944. The summed E-state index contributed by atoms with van der Waals surface area (Å²) in [4.78, 5) is 15.8. The van der Waals surface area contributed by atoms with Crippen molar-refractivity contribution in [1.29, 1.82) is 0 Å². The molecule has 0 radical (unpaired) electrons. The number of aryl methyl sites for hydroxylation is 1. The van der Waals surface area contributed by atoms with Crippen molar-refractivity contribution in [1.82, 2.24) is 9.55 Å². The molecule has 0 unspecified atom stereocenters. The van der Waals surface area contributed by atoms with Crippen LogP contribution < -0.4 is 11.3 Å². The van der Waals surface area contributed by atoms with Gasteiger partial charge in [0, 0.05) is 11.5 Å². The van der Waals surface area contributed by atoms with E-state index in [1.807, 2.05) is 0 Å². The molecular formula is C9H8BrN3O. The zero-order chi connectivity index (χ0) is 10.3. The predicted octanol–water partition coefficient (Wildman–Crippen LogP) is 1.28. The Labute approximate surface area is 88.5 Å². The summed E-state index contributed by atoms with van der Waals surface area (Å²) in [6.07, 6.45) is 1.47. The van der Waals surface area contributed by atoms with Gasteiger partial charge >= 0.3 is 0 Å². The molecule has 2 rings (SSSR count). The fraction of sp³-hybridized carbons (Fsp3) is 0.111. The molecule has 0 fully saturated rings. The number of fused-ring (bicyclic) bond motifs is 1. The van der Waals surface area contributed by atoms with Crippen LogP contribution in [0, 0.1) is 0 Å². The van der Waals surface area contributed by atoms with Crippen molar-refractivity contribution >= 4 is 32.5 Å². The number of hydrogen-bond donors (Lipinski definition) is 1. The summed E-state index contributed by atoms with van der Waals surface area (Å²) in [5.74, 6) is 0. The topological polar surface area (TPSA) is 60.9 Å². The molecule has 1 heterocycles. The average molecular weight is 254 g/mol. The Morgan fingerprint density at radius 1 is 1.50 bits per heavy atom. The lowest BCUT2D eigenvalue weighted by Gasteiger charge is -2.03. The van der Waals surface area contributed by atoms with Crippen LogP contribution in [0.5, 0.6) is 0 Å². The van der Waals surface area contributed by atoms with Crippen molar-refractivity contribution in [2.75, 3.05) is 5.73 Å². The summed E-state index contributed by atoms with van der Waals surface area (Å²) in [6, 6.07) is 3.45. The summed E-state index contributed by atoms with van der Waals surface area (Å²) in [5.41, 5.74) is 6.70. The predicted molar refractivity (Wildman–Crippen MR) is 59.1 cm³/mol. The average Bonchev–Trinajstić information content (AvgIpc) is 2.12. The van der Waals surface area contributed by atoms with Crippen molar-refractivity contribution < 1.29 is 0 Å². The first-order chi connectivity index (χ1) is 6.59.